The van der Waals surface area contributed by atoms with Gasteiger partial charge in [0.1, 0.15) is 6.61 Å². The molecule has 6 rings (SSSR count). The second-order valence-corrected chi connectivity index (χ2v) is 10.7. The number of hydrogen-bond donors (Lipinski definition) is 1. The minimum absolute atomic E-state index is 0.0216. The summed E-state index contributed by atoms with van der Waals surface area (Å²) < 4.78 is 5.85. The molecule has 3 aliphatic carbocycles. The monoisotopic (exact) mass is 359 g/mol. The van der Waals surface area contributed by atoms with Crippen molar-refractivity contribution < 1.29 is 14.6 Å². The van der Waals surface area contributed by atoms with E-state index in [9.17, 15) is 9.90 Å². The van der Waals surface area contributed by atoms with E-state index >= 15 is 0 Å². The normalized spacial score (nSPS) is 58.4. The molecule has 3 saturated heterocycles. The van der Waals surface area contributed by atoms with Crippen molar-refractivity contribution in [3.8, 4) is 0 Å². The molecule has 3 heterocycles. The number of rotatable bonds is 0. The van der Waals surface area contributed by atoms with Crippen LogP contribution in [-0.4, -0.2) is 47.3 Å². The van der Waals surface area contributed by atoms with Crippen LogP contribution in [0.2, 0.25) is 0 Å². The van der Waals surface area contributed by atoms with Crippen molar-refractivity contribution in [3.05, 3.63) is 0 Å². The zero-order valence-corrected chi connectivity index (χ0v) is 16.1. The van der Waals surface area contributed by atoms with Crippen molar-refractivity contribution >= 4 is 5.97 Å². The van der Waals surface area contributed by atoms with Gasteiger partial charge in [-0.1, -0.05) is 19.8 Å². The van der Waals surface area contributed by atoms with Gasteiger partial charge in [0.25, 0.3) is 0 Å². The molecular weight excluding hydrogens is 326 g/mol. The third kappa shape index (κ3) is 1.65. The highest BCUT2D eigenvalue weighted by atomic mass is 16.5. The minimum Gasteiger partial charge on any atom is -0.465 e. The second kappa shape index (κ2) is 5.05. The third-order valence-electron chi connectivity index (χ3n) is 10.2. The Morgan fingerprint density at radius 3 is 2.92 bits per heavy atom. The first-order valence-corrected chi connectivity index (χ1v) is 11.1. The lowest BCUT2D eigenvalue weighted by Crippen LogP contribution is -2.76. The molecule has 3 aliphatic heterocycles. The molecule has 0 radical (unpaired) electrons. The summed E-state index contributed by atoms with van der Waals surface area (Å²) in [6.07, 6.45) is 9.87. The predicted octanol–water partition coefficient (Wildman–Crippen LogP) is 2.98. The molecule has 0 amide bonds. The molecule has 4 heteroatoms. The van der Waals surface area contributed by atoms with Gasteiger partial charge >= 0.3 is 5.97 Å². The standard InChI is InChI=1S/C22H33NO3/c1-14-11-23-12-21(25)9-5-15-3-2-4-17(15)22-10-7-18(24)26-13-20(21,22)8-6-16(14)19(22)23/h14-17,19,25H,2-13H2,1H3/t14?,15-,16+,17+,19-,20+,21?,22-/m0/s1. The summed E-state index contributed by atoms with van der Waals surface area (Å²) in [5, 5.41) is 12.2. The van der Waals surface area contributed by atoms with Gasteiger partial charge < -0.3 is 9.84 Å². The summed E-state index contributed by atoms with van der Waals surface area (Å²) in [6, 6.07) is 0.574. The van der Waals surface area contributed by atoms with Gasteiger partial charge in [-0.25, -0.2) is 0 Å². The van der Waals surface area contributed by atoms with E-state index < -0.39 is 5.60 Å². The van der Waals surface area contributed by atoms with Crippen molar-refractivity contribution in [1.82, 2.24) is 4.90 Å². The van der Waals surface area contributed by atoms with Gasteiger partial charge in [0.05, 0.1) is 5.60 Å². The molecule has 0 aromatic heterocycles. The molecule has 0 aromatic rings. The first-order chi connectivity index (χ1) is 12.5. The maximum absolute atomic E-state index is 12.4. The van der Waals surface area contributed by atoms with Crippen molar-refractivity contribution in [2.45, 2.75) is 76.4 Å². The summed E-state index contributed by atoms with van der Waals surface area (Å²) in [5.74, 6) is 2.89. The number of esters is 1. The molecule has 6 aliphatic rings. The number of hydrogen-bond acceptors (Lipinski definition) is 4. The lowest BCUT2D eigenvalue weighted by molar-refractivity contribution is -0.274. The second-order valence-electron chi connectivity index (χ2n) is 10.7. The Bertz CT molecular complexity index is 651. The molecule has 144 valence electrons. The zero-order chi connectivity index (χ0) is 17.7. The molecule has 4 nitrogen and oxygen atoms in total. The average Bonchev–Trinajstić information content (AvgIpc) is 3.16. The highest BCUT2D eigenvalue weighted by Crippen LogP contribution is 2.74. The van der Waals surface area contributed by atoms with Crippen LogP contribution in [0.15, 0.2) is 0 Å². The van der Waals surface area contributed by atoms with Crippen LogP contribution < -0.4 is 0 Å². The van der Waals surface area contributed by atoms with Gasteiger partial charge in [0.2, 0.25) is 0 Å². The van der Waals surface area contributed by atoms with Crippen LogP contribution in [0.5, 0.6) is 0 Å². The van der Waals surface area contributed by atoms with Gasteiger partial charge in [-0.2, -0.15) is 0 Å². The summed E-state index contributed by atoms with van der Waals surface area (Å²) in [6.45, 7) is 4.87. The Balaban J connectivity index is 1.63. The minimum atomic E-state index is -0.673. The molecule has 3 saturated carbocycles. The van der Waals surface area contributed by atoms with Crippen LogP contribution in [0.25, 0.3) is 0 Å². The van der Waals surface area contributed by atoms with Gasteiger partial charge in [0, 0.05) is 36.4 Å². The van der Waals surface area contributed by atoms with Gasteiger partial charge in [-0.15, -0.1) is 0 Å². The summed E-state index contributed by atoms with van der Waals surface area (Å²) in [4.78, 5) is 15.1. The Kier molecular flexibility index (Phi) is 3.18. The van der Waals surface area contributed by atoms with Crippen LogP contribution >= 0.6 is 0 Å². The lowest BCUT2D eigenvalue weighted by Gasteiger charge is -2.70. The van der Waals surface area contributed by atoms with Crippen LogP contribution in [0.3, 0.4) is 0 Å². The number of piperidine rings is 1. The first-order valence-electron chi connectivity index (χ1n) is 11.1. The van der Waals surface area contributed by atoms with Crippen LogP contribution in [-0.2, 0) is 9.53 Å². The Morgan fingerprint density at radius 2 is 2.04 bits per heavy atom. The number of aliphatic hydroxyl groups is 1. The molecule has 6 fully saturated rings. The van der Waals surface area contributed by atoms with E-state index in [2.05, 4.69) is 11.8 Å². The molecule has 2 unspecified atom stereocenters. The third-order valence-corrected chi connectivity index (χ3v) is 10.2. The Hall–Kier alpha value is -0.610. The Labute approximate surface area is 156 Å². The maximum atomic E-state index is 12.4. The number of cyclic esters (lactones) is 1. The number of nitrogens with zero attached hydrogens (tertiary/aromatic N) is 1. The topological polar surface area (TPSA) is 49.8 Å². The summed E-state index contributed by atoms with van der Waals surface area (Å²) in [5.41, 5.74) is -0.775. The number of carbonyl (C=O) groups is 1. The SMILES string of the molecule is CC1CN2CC3(O)CC[C@@H]4CCC[C@H]4[C@]45CCC(=O)OC[C@]34CC[C@H]1[C@H]25. The van der Waals surface area contributed by atoms with Crippen LogP contribution in [0.1, 0.15) is 64.7 Å². The predicted molar refractivity (Wildman–Crippen MR) is 97.3 cm³/mol. The smallest absolute Gasteiger partial charge is 0.305 e. The largest absolute Gasteiger partial charge is 0.465 e. The number of ether oxygens (including phenoxy) is 1. The first kappa shape index (κ1) is 16.4. The zero-order valence-electron chi connectivity index (χ0n) is 16.1. The van der Waals surface area contributed by atoms with E-state index in [1.165, 1.54) is 32.1 Å². The molecule has 0 spiro atoms. The average molecular weight is 360 g/mol. The van der Waals surface area contributed by atoms with Crippen molar-refractivity contribution in [2.75, 3.05) is 19.7 Å². The molecule has 8 atom stereocenters. The molecular formula is C22H33NO3. The fourth-order valence-corrected chi connectivity index (χ4v) is 9.47. The van der Waals surface area contributed by atoms with E-state index in [0.29, 0.717) is 25.0 Å². The van der Waals surface area contributed by atoms with Gasteiger partial charge in [-0.3, -0.25) is 9.69 Å². The van der Waals surface area contributed by atoms with Gasteiger partial charge in [0.15, 0.2) is 0 Å². The van der Waals surface area contributed by atoms with Gasteiger partial charge in [-0.05, 0) is 62.2 Å². The number of fused-ring (bicyclic) bond motifs is 1. The highest BCUT2D eigenvalue weighted by molar-refractivity contribution is 5.70. The van der Waals surface area contributed by atoms with Crippen molar-refractivity contribution in [3.63, 3.8) is 0 Å². The Morgan fingerprint density at radius 1 is 1.15 bits per heavy atom. The fraction of sp³-hybridized carbons (Fsp3) is 0.955. The van der Waals surface area contributed by atoms with Crippen molar-refractivity contribution in [1.29, 1.82) is 0 Å². The van der Waals surface area contributed by atoms with E-state index in [-0.39, 0.29) is 16.8 Å². The highest BCUT2D eigenvalue weighted by Gasteiger charge is 2.77. The quantitative estimate of drug-likeness (QED) is 0.676. The summed E-state index contributed by atoms with van der Waals surface area (Å²) >= 11 is 0. The summed E-state index contributed by atoms with van der Waals surface area (Å²) in [7, 11) is 0. The van der Waals surface area contributed by atoms with E-state index in [4.69, 9.17) is 4.74 Å². The number of carbonyl (C=O) groups excluding carboxylic acids is 1. The van der Waals surface area contributed by atoms with E-state index in [1.54, 1.807) is 0 Å². The van der Waals surface area contributed by atoms with Crippen LogP contribution in [0, 0.1) is 34.5 Å². The molecule has 26 heavy (non-hydrogen) atoms. The fourth-order valence-electron chi connectivity index (χ4n) is 9.47. The van der Waals surface area contributed by atoms with Crippen molar-refractivity contribution in [2.24, 2.45) is 34.5 Å². The molecule has 0 aromatic carbocycles. The molecule has 1 N–H and O–H groups in total. The molecule has 4 bridgehead atoms. The van der Waals surface area contributed by atoms with E-state index in [1.807, 2.05) is 0 Å². The van der Waals surface area contributed by atoms with Crippen LogP contribution in [0.4, 0.5) is 0 Å². The lowest BCUT2D eigenvalue weighted by atomic mass is 9.40. The van der Waals surface area contributed by atoms with E-state index in [0.717, 1.165) is 50.1 Å². The maximum Gasteiger partial charge on any atom is 0.305 e.